The van der Waals surface area contributed by atoms with E-state index in [1.807, 2.05) is 53.7 Å². The topological polar surface area (TPSA) is 82.1 Å². The number of ketones is 2. The first-order valence-corrected chi connectivity index (χ1v) is 11.9. The van der Waals surface area contributed by atoms with Crippen LogP contribution in [0.25, 0.3) is 0 Å². The third-order valence-electron chi connectivity index (χ3n) is 7.70. The summed E-state index contributed by atoms with van der Waals surface area (Å²) in [7, 11) is 0. The predicted molar refractivity (Wildman–Crippen MR) is 127 cm³/mol. The van der Waals surface area contributed by atoms with Gasteiger partial charge < -0.3 is 19.3 Å². The Labute approximate surface area is 200 Å². The SMILES string of the molecule is CC(C)=CCOc1cc(O)c2c(c1)OC13C(=CC4CC1C(C)(C)OC3(CC=C(C)C)C4=O)C2=O. The molecule has 3 aliphatic carbocycles. The van der Waals surface area contributed by atoms with Crippen LogP contribution in [0.4, 0.5) is 0 Å². The maximum absolute atomic E-state index is 13.8. The molecular formula is C28H32O6. The number of phenolic OH excluding ortho intramolecular Hbond substituents is 1. The summed E-state index contributed by atoms with van der Waals surface area (Å²) >= 11 is 0. The third kappa shape index (κ3) is 2.90. The smallest absolute Gasteiger partial charge is 0.200 e. The van der Waals surface area contributed by atoms with E-state index in [4.69, 9.17) is 14.2 Å². The molecule has 4 bridgehead atoms. The van der Waals surface area contributed by atoms with Crippen molar-refractivity contribution in [3.05, 3.63) is 52.6 Å². The first kappa shape index (κ1) is 22.9. The van der Waals surface area contributed by atoms with Gasteiger partial charge in [-0.25, -0.2) is 0 Å². The number of carbonyl (C=O) groups excluding carboxylic acids is 2. The quantitative estimate of drug-likeness (QED) is 0.611. The highest BCUT2D eigenvalue weighted by atomic mass is 16.6. The van der Waals surface area contributed by atoms with Gasteiger partial charge in [0.25, 0.3) is 0 Å². The van der Waals surface area contributed by atoms with E-state index in [0.717, 1.165) is 11.1 Å². The van der Waals surface area contributed by atoms with Gasteiger partial charge in [-0.05, 0) is 54.0 Å². The lowest BCUT2D eigenvalue weighted by Crippen LogP contribution is -2.72. The Morgan fingerprint density at radius 2 is 1.85 bits per heavy atom. The third-order valence-corrected chi connectivity index (χ3v) is 7.70. The standard InChI is InChI=1S/C28H32O6/c1-15(2)7-9-27-25(31)17-11-19-24(30)23-20(29)13-18(32-10-8-16(3)4)14-21(23)33-28(19,27)22(12-17)26(5,6)34-27/h7-8,11,13-14,17,22,29H,9-10,12H2,1-6H3. The zero-order valence-electron chi connectivity index (χ0n) is 20.7. The molecule has 1 saturated heterocycles. The van der Waals surface area contributed by atoms with Crippen LogP contribution in [0.1, 0.15) is 64.7 Å². The lowest BCUT2D eigenvalue weighted by atomic mass is 9.51. The maximum atomic E-state index is 13.8. The van der Waals surface area contributed by atoms with Crippen molar-refractivity contribution >= 4 is 11.6 Å². The van der Waals surface area contributed by atoms with Crippen molar-refractivity contribution in [1.82, 2.24) is 0 Å². The Balaban J connectivity index is 1.69. The van der Waals surface area contributed by atoms with Gasteiger partial charge in [-0.3, -0.25) is 9.59 Å². The average Bonchev–Trinajstić information content (AvgIpc) is 2.89. The fourth-order valence-electron chi connectivity index (χ4n) is 6.26. The number of hydrogen-bond acceptors (Lipinski definition) is 6. The van der Waals surface area contributed by atoms with Crippen molar-refractivity contribution in [2.24, 2.45) is 11.8 Å². The van der Waals surface area contributed by atoms with Crippen molar-refractivity contribution in [1.29, 1.82) is 0 Å². The number of benzene rings is 1. The van der Waals surface area contributed by atoms with Crippen LogP contribution >= 0.6 is 0 Å². The van der Waals surface area contributed by atoms with Gasteiger partial charge in [0.15, 0.2) is 22.8 Å². The first-order valence-electron chi connectivity index (χ1n) is 11.9. The number of fused-ring (bicyclic) bond motifs is 1. The highest BCUT2D eigenvalue weighted by Crippen LogP contribution is 2.67. The van der Waals surface area contributed by atoms with E-state index in [1.54, 1.807) is 12.1 Å². The molecule has 180 valence electrons. The number of Topliss-reactive ketones (excluding diaryl/α,β-unsaturated/α-hetero) is 2. The molecule has 0 radical (unpaired) electrons. The van der Waals surface area contributed by atoms with Gasteiger partial charge in [0.05, 0.1) is 5.60 Å². The molecule has 1 spiro atoms. The Morgan fingerprint density at radius 3 is 2.53 bits per heavy atom. The predicted octanol–water partition coefficient (Wildman–Crippen LogP) is 5.10. The highest BCUT2D eigenvalue weighted by Gasteiger charge is 2.81. The largest absolute Gasteiger partial charge is 0.507 e. The molecule has 34 heavy (non-hydrogen) atoms. The van der Waals surface area contributed by atoms with Crippen LogP contribution in [0.3, 0.4) is 0 Å². The molecule has 1 aromatic carbocycles. The van der Waals surface area contributed by atoms with Crippen molar-refractivity contribution in [2.75, 3.05) is 6.61 Å². The normalized spacial score (nSPS) is 31.8. The van der Waals surface area contributed by atoms with Gasteiger partial charge in [0, 0.05) is 36.0 Å². The minimum Gasteiger partial charge on any atom is -0.507 e. The lowest BCUT2D eigenvalue weighted by molar-refractivity contribution is -0.171. The average molecular weight is 465 g/mol. The number of hydrogen-bond donors (Lipinski definition) is 1. The number of aromatic hydroxyl groups is 1. The van der Waals surface area contributed by atoms with E-state index in [1.165, 1.54) is 6.07 Å². The van der Waals surface area contributed by atoms with E-state index in [-0.39, 0.29) is 34.5 Å². The molecule has 4 atom stereocenters. The summed E-state index contributed by atoms with van der Waals surface area (Å²) in [5.74, 6) is -0.502. The molecule has 0 aromatic heterocycles. The molecule has 6 heteroatoms. The summed E-state index contributed by atoms with van der Waals surface area (Å²) in [6, 6.07) is 3.08. The van der Waals surface area contributed by atoms with Crippen molar-refractivity contribution in [2.45, 2.75) is 71.2 Å². The van der Waals surface area contributed by atoms with Crippen molar-refractivity contribution in [3.8, 4) is 17.2 Å². The highest BCUT2D eigenvalue weighted by molar-refractivity contribution is 6.18. The van der Waals surface area contributed by atoms with Gasteiger partial charge in [0.2, 0.25) is 0 Å². The second-order valence-corrected chi connectivity index (χ2v) is 10.9. The minimum atomic E-state index is -1.30. The fourth-order valence-corrected chi connectivity index (χ4v) is 6.26. The fraction of sp³-hybridized carbons (Fsp3) is 0.500. The van der Waals surface area contributed by atoms with E-state index in [0.29, 0.717) is 30.8 Å². The molecule has 6 nitrogen and oxygen atoms in total. The number of phenols is 1. The van der Waals surface area contributed by atoms with Crippen molar-refractivity contribution < 1.29 is 28.9 Å². The molecule has 1 N–H and O–H groups in total. The van der Waals surface area contributed by atoms with Crippen LogP contribution in [0, 0.1) is 11.8 Å². The van der Waals surface area contributed by atoms with Crippen LogP contribution in [-0.4, -0.2) is 40.1 Å². The molecule has 2 heterocycles. The second kappa shape index (κ2) is 7.32. The molecule has 4 unspecified atom stereocenters. The number of carbonyl (C=O) groups is 2. The van der Waals surface area contributed by atoms with Gasteiger partial charge in [-0.15, -0.1) is 0 Å². The van der Waals surface area contributed by atoms with Crippen LogP contribution < -0.4 is 9.47 Å². The van der Waals surface area contributed by atoms with Crippen LogP contribution in [-0.2, 0) is 9.53 Å². The molecule has 1 aromatic rings. The molecule has 5 aliphatic rings. The molecular weight excluding hydrogens is 432 g/mol. The van der Waals surface area contributed by atoms with Crippen LogP contribution in [0.5, 0.6) is 17.2 Å². The Hall–Kier alpha value is -2.86. The monoisotopic (exact) mass is 464 g/mol. The minimum absolute atomic E-state index is 0.0352. The first-order chi connectivity index (χ1) is 15.9. The summed E-state index contributed by atoms with van der Waals surface area (Å²) in [6.45, 7) is 12.2. The van der Waals surface area contributed by atoms with E-state index >= 15 is 0 Å². The Morgan fingerprint density at radius 1 is 1.15 bits per heavy atom. The van der Waals surface area contributed by atoms with Crippen LogP contribution in [0.2, 0.25) is 0 Å². The number of allylic oxidation sites excluding steroid dienone is 3. The van der Waals surface area contributed by atoms with Crippen molar-refractivity contribution in [3.63, 3.8) is 0 Å². The van der Waals surface area contributed by atoms with E-state index in [9.17, 15) is 14.7 Å². The molecule has 6 rings (SSSR count). The summed E-state index contributed by atoms with van der Waals surface area (Å²) < 4.78 is 19.2. The zero-order valence-corrected chi connectivity index (χ0v) is 20.7. The zero-order chi connectivity index (χ0) is 24.6. The van der Waals surface area contributed by atoms with Gasteiger partial charge in [-0.2, -0.15) is 0 Å². The van der Waals surface area contributed by atoms with E-state index in [2.05, 4.69) is 0 Å². The Bertz CT molecular complexity index is 1190. The molecule has 1 saturated carbocycles. The van der Waals surface area contributed by atoms with Gasteiger partial charge in [0.1, 0.15) is 29.4 Å². The Kier molecular flexibility index (Phi) is 4.93. The summed E-state index contributed by atoms with van der Waals surface area (Å²) in [5.41, 5.74) is -0.501. The number of ether oxygens (including phenoxy) is 3. The van der Waals surface area contributed by atoms with E-state index < -0.39 is 22.7 Å². The summed E-state index contributed by atoms with van der Waals surface area (Å²) in [4.78, 5) is 27.7. The molecule has 2 aliphatic heterocycles. The molecule has 0 amide bonds. The summed E-state index contributed by atoms with van der Waals surface area (Å²) in [6.07, 6.45) is 6.57. The second-order valence-electron chi connectivity index (χ2n) is 10.9. The van der Waals surface area contributed by atoms with Gasteiger partial charge >= 0.3 is 0 Å². The molecule has 2 fully saturated rings. The number of rotatable bonds is 5. The van der Waals surface area contributed by atoms with Crippen LogP contribution in [0.15, 0.2) is 47.1 Å². The summed E-state index contributed by atoms with van der Waals surface area (Å²) in [5, 5.41) is 10.8. The lowest BCUT2D eigenvalue weighted by Gasteiger charge is -2.56. The van der Waals surface area contributed by atoms with Gasteiger partial charge in [-0.1, -0.05) is 23.3 Å². The maximum Gasteiger partial charge on any atom is 0.200 e.